The Balaban J connectivity index is 2.36. The third-order valence-electron chi connectivity index (χ3n) is 3.66. The molecule has 0 spiro atoms. The lowest BCUT2D eigenvalue weighted by Crippen LogP contribution is -2.45. The van der Waals surface area contributed by atoms with Gasteiger partial charge in [-0.25, -0.2) is 0 Å². The molecule has 0 amide bonds. The molecule has 2 heteroatoms. The van der Waals surface area contributed by atoms with E-state index < -0.39 is 0 Å². The van der Waals surface area contributed by atoms with Crippen molar-refractivity contribution in [1.82, 2.24) is 0 Å². The van der Waals surface area contributed by atoms with E-state index in [4.69, 9.17) is 10.5 Å². The number of benzene rings is 1. The number of methoxy groups -OCH3 is 1. The minimum Gasteiger partial charge on any atom is -0.377 e. The number of hydrogen-bond acceptors (Lipinski definition) is 2. The van der Waals surface area contributed by atoms with Crippen LogP contribution in [0.15, 0.2) is 18.2 Å². The average molecular weight is 205 g/mol. The van der Waals surface area contributed by atoms with Crippen molar-refractivity contribution in [3.8, 4) is 0 Å². The van der Waals surface area contributed by atoms with Crippen LogP contribution >= 0.6 is 0 Å². The van der Waals surface area contributed by atoms with Crippen molar-refractivity contribution in [2.75, 3.05) is 13.7 Å². The highest BCUT2D eigenvalue weighted by molar-refractivity contribution is 5.38. The van der Waals surface area contributed by atoms with E-state index in [1.807, 2.05) is 0 Å². The lowest BCUT2D eigenvalue weighted by molar-refractivity contribution is -0.0136. The fourth-order valence-electron chi connectivity index (χ4n) is 2.46. The van der Waals surface area contributed by atoms with Gasteiger partial charge in [-0.2, -0.15) is 0 Å². The smallest absolute Gasteiger partial charge is 0.0843 e. The van der Waals surface area contributed by atoms with E-state index in [1.165, 1.54) is 16.7 Å². The zero-order chi connectivity index (χ0) is 10.9. The molecule has 0 aliphatic heterocycles. The van der Waals surface area contributed by atoms with Gasteiger partial charge in [-0.3, -0.25) is 0 Å². The molecule has 1 aromatic carbocycles. The van der Waals surface area contributed by atoms with Crippen molar-refractivity contribution in [2.45, 2.75) is 31.8 Å². The number of rotatable bonds is 2. The summed E-state index contributed by atoms with van der Waals surface area (Å²) in [6.07, 6.45) is 3.08. The van der Waals surface area contributed by atoms with E-state index in [0.717, 1.165) is 19.3 Å². The molecule has 2 N–H and O–H groups in total. The highest BCUT2D eigenvalue weighted by Gasteiger charge is 2.33. The second-order valence-electron chi connectivity index (χ2n) is 4.48. The third kappa shape index (κ3) is 1.80. The van der Waals surface area contributed by atoms with Crippen molar-refractivity contribution in [1.29, 1.82) is 0 Å². The molecule has 0 saturated heterocycles. The summed E-state index contributed by atoms with van der Waals surface area (Å²) in [6.45, 7) is 2.78. The maximum atomic E-state index is 5.83. The summed E-state index contributed by atoms with van der Waals surface area (Å²) < 4.78 is 5.61. The SMILES string of the molecule is COC1(CN)CCc2cccc(C)c2C1. The summed E-state index contributed by atoms with van der Waals surface area (Å²) >= 11 is 0. The van der Waals surface area contributed by atoms with Crippen LogP contribution in [0.5, 0.6) is 0 Å². The van der Waals surface area contributed by atoms with Crippen molar-refractivity contribution < 1.29 is 4.74 Å². The molecule has 0 aromatic heterocycles. The van der Waals surface area contributed by atoms with Crippen LogP contribution in [0.4, 0.5) is 0 Å². The van der Waals surface area contributed by atoms with E-state index in [9.17, 15) is 0 Å². The largest absolute Gasteiger partial charge is 0.377 e. The minimum atomic E-state index is -0.126. The standard InChI is InChI=1S/C13H19NO/c1-10-4-3-5-11-6-7-13(9-14,15-2)8-12(10)11/h3-5H,6-9,14H2,1-2H3. The van der Waals surface area contributed by atoms with Gasteiger partial charge < -0.3 is 10.5 Å². The predicted octanol–water partition coefficient (Wildman–Crippen LogP) is 1.83. The van der Waals surface area contributed by atoms with Crippen LogP contribution in [0.2, 0.25) is 0 Å². The average Bonchev–Trinajstić information content (AvgIpc) is 2.29. The van der Waals surface area contributed by atoms with E-state index in [1.54, 1.807) is 7.11 Å². The molecule has 0 bridgehead atoms. The van der Waals surface area contributed by atoms with Gasteiger partial charge in [0.25, 0.3) is 0 Å². The van der Waals surface area contributed by atoms with Crippen LogP contribution in [-0.4, -0.2) is 19.3 Å². The van der Waals surface area contributed by atoms with Crippen LogP contribution < -0.4 is 5.73 Å². The molecule has 15 heavy (non-hydrogen) atoms. The second kappa shape index (κ2) is 3.95. The van der Waals surface area contributed by atoms with Gasteiger partial charge in [0, 0.05) is 20.1 Å². The summed E-state index contributed by atoms with van der Waals surface area (Å²) in [5.41, 5.74) is 9.98. The number of hydrogen-bond donors (Lipinski definition) is 1. The normalized spacial score (nSPS) is 25.0. The molecule has 1 aromatic rings. The van der Waals surface area contributed by atoms with Crippen molar-refractivity contribution in [3.63, 3.8) is 0 Å². The maximum absolute atomic E-state index is 5.83. The number of nitrogens with two attached hydrogens (primary N) is 1. The Kier molecular flexibility index (Phi) is 2.81. The van der Waals surface area contributed by atoms with Gasteiger partial charge in [-0.1, -0.05) is 18.2 Å². The Morgan fingerprint density at radius 1 is 1.47 bits per heavy atom. The fourth-order valence-corrected chi connectivity index (χ4v) is 2.46. The van der Waals surface area contributed by atoms with Gasteiger partial charge in [0.05, 0.1) is 5.60 Å². The maximum Gasteiger partial charge on any atom is 0.0843 e. The third-order valence-corrected chi connectivity index (χ3v) is 3.66. The first kappa shape index (κ1) is 10.7. The molecule has 1 unspecified atom stereocenters. The van der Waals surface area contributed by atoms with Crippen molar-refractivity contribution >= 4 is 0 Å². The molecule has 0 radical (unpaired) electrons. The molecule has 0 saturated carbocycles. The fraction of sp³-hybridized carbons (Fsp3) is 0.538. The van der Waals surface area contributed by atoms with Gasteiger partial charge in [0.2, 0.25) is 0 Å². The molecule has 82 valence electrons. The van der Waals surface area contributed by atoms with E-state index in [-0.39, 0.29) is 5.60 Å². The molecule has 0 fully saturated rings. The molecule has 1 atom stereocenters. The van der Waals surface area contributed by atoms with Crippen molar-refractivity contribution in [2.24, 2.45) is 5.73 Å². The Morgan fingerprint density at radius 2 is 2.27 bits per heavy atom. The van der Waals surface area contributed by atoms with Crippen LogP contribution in [0.3, 0.4) is 0 Å². The number of ether oxygens (including phenoxy) is 1. The zero-order valence-corrected chi connectivity index (χ0v) is 9.55. The molecular weight excluding hydrogens is 186 g/mol. The van der Waals surface area contributed by atoms with Gasteiger partial charge in [0.15, 0.2) is 0 Å². The lowest BCUT2D eigenvalue weighted by atomic mass is 9.78. The zero-order valence-electron chi connectivity index (χ0n) is 9.55. The highest BCUT2D eigenvalue weighted by atomic mass is 16.5. The van der Waals surface area contributed by atoms with Crippen LogP contribution in [0, 0.1) is 6.92 Å². The Bertz CT molecular complexity index is 356. The van der Waals surface area contributed by atoms with Gasteiger partial charge in [-0.05, 0) is 36.5 Å². The summed E-state index contributed by atoms with van der Waals surface area (Å²) in [5, 5.41) is 0. The monoisotopic (exact) mass is 205 g/mol. The number of aryl methyl sites for hydroxylation is 2. The summed E-state index contributed by atoms with van der Waals surface area (Å²) in [5.74, 6) is 0. The number of fused-ring (bicyclic) bond motifs is 1. The molecular formula is C13H19NO. The summed E-state index contributed by atoms with van der Waals surface area (Å²) in [4.78, 5) is 0. The van der Waals surface area contributed by atoms with Gasteiger partial charge in [-0.15, -0.1) is 0 Å². The first-order chi connectivity index (χ1) is 7.21. The van der Waals surface area contributed by atoms with Gasteiger partial charge >= 0.3 is 0 Å². The van der Waals surface area contributed by atoms with E-state index in [2.05, 4.69) is 25.1 Å². The van der Waals surface area contributed by atoms with Crippen LogP contribution in [-0.2, 0) is 17.6 Å². The van der Waals surface area contributed by atoms with Crippen LogP contribution in [0.25, 0.3) is 0 Å². The minimum absolute atomic E-state index is 0.126. The van der Waals surface area contributed by atoms with E-state index >= 15 is 0 Å². The predicted molar refractivity (Wildman–Crippen MR) is 62.0 cm³/mol. The highest BCUT2D eigenvalue weighted by Crippen LogP contribution is 2.32. The first-order valence-corrected chi connectivity index (χ1v) is 5.53. The van der Waals surface area contributed by atoms with E-state index in [0.29, 0.717) is 6.54 Å². The molecule has 0 heterocycles. The first-order valence-electron chi connectivity index (χ1n) is 5.53. The lowest BCUT2D eigenvalue weighted by Gasteiger charge is -2.36. The molecule has 2 nitrogen and oxygen atoms in total. The molecule has 1 aliphatic rings. The van der Waals surface area contributed by atoms with Crippen molar-refractivity contribution in [3.05, 3.63) is 34.9 Å². The molecule has 1 aliphatic carbocycles. The topological polar surface area (TPSA) is 35.2 Å². The van der Waals surface area contributed by atoms with Gasteiger partial charge in [0.1, 0.15) is 0 Å². The Hall–Kier alpha value is -0.860. The quantitative estimate of drug-likeness (QED) is 0.799. The molecule has 2 rings (SSSR count). The second-order valence-corrected chi connectivity index (χ2v) is 4.48. The Labute approximate surface area is 91.4 Å². The van der Waals surface area contributed by atoms with Crippen LogP contribution in [0.1, 0.15) is 23.1 Å². The Morgan fingerprint density at radius 3 is 2.93 bits per heavy atom. The summed E-state index contributed by atoms with van der Waals surface area (Å²) in [6, 6.07) is 6.52. The summed E-state index contributed by atoms with van der Waals surface area (Å²) in [7, 11) is 1.77.